The second-order valence-electron chi connectivity index (χ2n) is 5.91. The molecular formula is C16H25F2N. The van der Waals surface area contributed by atoms with Crippen LogP contribution < -0.4 is 5.32 Å². The maximum absolute atomic E-state index is 13.1. The topological polar surface area (TPSA) is 12.0 Å². The van der Waals surface area contributed by atoms with Gasteiger partial charge in [0, 0.05) is 0 Å². The van der Waals surface area contributed by atoms with Crippen molar-refractivity contribution in [2.24, 2.45) is 5.41 Å². The van der Waals surface area contributed by atoms with Crippen molar-refractivity contribution in [3.05, 3.63) is 35.4 Å². The molecule has 108 valence electrons. The van der Waals surface area contributed by atoms with Crippen LogP contribution in [0.5, 0.6) is 0 Å². The molecule has 0 bridgehead atoms. The third kappa shape index (κ3) is 6.15. The van der Waals surface area contributed by atoms with E-state index in [1.807, 2.05) is 0 Å². The van der Waals surface area contributed by atoms with Crippen LogP contribution in [0, 0.1) is 17.0 Å². The molecule has 0 aromatic heterocycles. The van der Waals surface area contributed by atoms with Crippen LogP contribution in [0.4, 0.5) is 8.78 Å². The number of hydrogen-bond acceptors (Lipinski definition) is 1. The molecule has 1 nitrogen and oxygen atoms in total. The van der Waals surface area contributed by atoms with Gasteiger partial charge in [-0.3, -0.25) is 0 Å². The van der Waals surface area contributed by atoms with Gasteiger partial charge in [-0.05, 0) is 61.9 Å². The third-order valence-corrected chi connectivity index (χ3v) is 3.48. The Balaban J connectivity index is 2.39. The lowest BCUT2D eigenvalue weighted by Gasteiger charge is -2.24. The summed E-state index contributed by atoms with van der Waals surface area (Å²) in [6.07, 6.45) is 4.01. The van der Waals surface area contributed by atoms with E-state index in [1.54, 1.807) is 6.07 Å². The van der Waals surface area contributed by atoms with E-state index in [0.717, 1.165) is 44.3 Å². The standard InChI is InChI=1S/C16H25F2N/c1-4-10-19-11-9-16(2,3)8-7-13-5-6-14(17)15(18)12-13/h5-6,12,19H,4,7-11H2,1-3H3. The molecule has 1 aromatic carbocycles. The molecule has 0 aliphatic rings. The molecule has 0 saturated carbocycles. The summed E-state index contributed by atoms with van der Waals surface area (Å²) in [5.74, 6) is -1.52. The number of aryl methyl sites for hydroxylation is 1. The lowest BCUT2D eigenvalue weighted by molar-refractivity contribution is 0.302. The summed E-state index contributed by atoms with van der Waals surface area (Å²) >= 11 is 0. The van der Waals surface area contributed by atoms with Gasteiger partial charge >= 0.3 is 0 Å². The number of nitrogens with one attached hydrogen (secondary N) is 1. The van der Waals surface area contributed by atoms with Gasteiger partial charge in [0.05, 0.1) is 0 Å². The SMILES string of the molecule is CCCNCCC(C)(C)CCc1ccc(F)c(F)c1. The fraction of sp³-hybridized carbons (Fsp3) is 0.625. The highest BCUT2D eigenvalue weighted by Gasteiger charge is 2.17. The van der Waals surface area contributed by atoms with Gasteiger partial charge in [-0.1, -0.05) is 26.8 Å². The average Bonchev–Trinajstić information content (AvgIpc) is 2.36. The van der Waals surface area contributed by atoms with Crippen LogP contribution in [-0.4, -0.2) is 13.1 Å². The van der Waals surface area contributed by atoms with Crippen LogP contribution in [0.3, 0.4) is 0 Å². The third-order valence-electron chi connectivity index (χ3n) is 3.48. The van der Waals surface area contributed by atoms with Gasteiger partial charge in [0.2, 0.25) is 0 Å². The normalized spacial score (nSPS) is 11.8. The van der Waals surface area contributed by atoms with Crippen molar-refractivity contribution in [1.82, 2.24) is 5.32 Å². The first-order valence-corrected chi connectivity index (χ1v) is 7.09. The summed E-state index contributed by atoms with van der Waals surface area (Å²) < 4.78 is 25.9. The average molecular weight is 269 g/mol. The summed E-state index contributed by atoms with van der Waals surface area (Å²) in [6.45, 7) is 8.67. The smallest absolute Gasteiger partial charge is 0.159 e. The molecule has 1 aromatic rings. The first-order chi connectivity index (χ1) is 8.94. The molecule has 0 unspecified atom stereocenters. The molecule has 0 atom stereocenters. The Morgan fingerprint density at radius 3 is 2.42 bits per heavy atom. The summed E-state index contributed by atoms with van der Waals surface area (Å²) in [5, 5.41) is 3.40. The van der Waals surface area contributed by atoms with Gasteiger partial charge in [-0.25, -0.2) is 8.78 Å². The minimum absolute atomic E-state index is 0.214. The van der Waals surface area contributed by atoms with Crippen LogP contribution in [0.1, 0.15) is 45.6 Å². The minimum Gasteiger partial charge on any atom is -0.317 e. The van der Waals surface area contributed by atoms with Gasteiger partial charge < -0.3 is 5.32 Å². The molecule has 19 heavy (non-hydrogen) atoms. The van der Waals surface area contributed by atoms with Gasteiger partial charge in [-0.15, -0.1) is 0 Å². The van der Waals surface area contributed by atoms with Gasteiger partial charge in [0.15, 0.2) is 11.6 Å². The highest BCUT2D eigenvalue weighted by Crippen LogP contribution is 2.26. The van der Waals surface area contributed by atoms with Crippen molar-refractivity contribution >= 4 is 0 Å². The van der Waals surface area contributed by atoms with Gasteiger partial charge in [0.25, 0.3) is 0 Å². The Morgan fingerprint density at radius 2 is 1.79 bits per heavy atom. The molecule has 0 saturated heterocycles. The minimum atomic E-state index is -0.772. The Bertz CT molecular complexity index is 388. The highest BCUT2D eigenvalue weighted by atomic mass is 19.2. The summed E-state index contributed by atoms with van der Waals surface area (Å²) in [4.78, 5) is 0. The predicted octanol–water partition coefficient (Wildman–Crippen LogP) is 4.31. The van der Waals surface area contributed by atoms with Crippen molar-refractivity contribution in [1.29, 1.82) is 0 Å². The molecule has 0 aliphatic carbocycles. The van der Waals surface area contributed by atoms with E-state index < -0.39 is 11.6 Å². The van der Waals surface area contributed by atoms with Crippen LogP contribution in [0.15, 0.2) is 18.2 Å². The van der Waals surface area contributed by atoms with Crippen molar-refractivity contribution in [3.63, 3.8) is 0 Å². The van der Waals surface area contributed by atoms with Crippen molar-refractivity contribution in [3.8, 4) is 0 Å². The monoisotopic (exact) mass is 269 g/mol. The first kappa shape index (κ1) is 16.1. The fourth-order valence-corrected chi connectivity index (χ4v) is 2.03. The van der Waals surface area contributed by atoms with Crippen molar-refractivity contribution in [2.45, 2.75) is 46.5 Å². The zero-order chi connectivity index (χ0) is 14.3. The van der Waals surface area contributed by atoms with E-state index in [1.165, 1.54) is 12.1 Å². The van der Waals surface area contributed by atoms with Crippen molar-refractivity contribution in [2.75, 3.05) is 13.1 Å². The van der Waals surface area contributed by atoms with E-state index in [4.69, 9.17) is 0 Å². The van der Waals surface area contributed by atoms with E-state index in [9.17, 15) is 8.78 Å². The quantitative estimate of drug-likeness (QED) is 0.693. The van der Waals surface area contributed by atoms with Crippen molar-refractivity contribution < 1.29 is 8.78 Å². The highest BCUT2D eigenvalue weighted by molar-refractivity contribution is 5.18. The molecular weight excluding hydrogens is 244 g/mol. The van der Waals surface area contributed by atoms with Crippen LogP contribution >= 0.6 is 0 Å². The molecule has 1 N–H and O–H groups in total. The zero-order valence-corrected chi connectivity index (χ0v) is 12.2. The first-order valence-electron chi connectivity index (χ1n) is 7.09. The second-order valence-corrected chi connectivity index (χ2v) is 5.91. The number of rotatable bonds is 8. The Labute approximate surface area is 115 Å². The largest absolute Gasteiger partial charge is 0.317 e. The summed E-state index contributed by atoms with van der Waals surface area (Å²) in [6, 6.07) is 4.19. The molecule has 0 radical (unpaired) electrons. The van der Waals surface area contributed by atoms with Crippen LogP contribution in [0.2, 0.25) is 0 Å². The van der Waals surface area contributed by atoms with Gasteiger partial charge in [-0.2, -0.15) is 0 Å². The molecule has 0 heterocycles. The van der Waals surface area contributed by atoms with Gasteiger partial charge in [0.1, 0.15) is 0 Å². The second kappa shape index (κ2) is 7.59. The fourth-order valence-electron chi connectivity index (χ4n) is 2.03. The Hall–Kier alpha value is -0.960. The van der Waals surface area contributed by atoms with E-state index >= 15 is 0 Å². The number of hydrogen-bond donors (Lipinski definition) is 1. The molecule has 1 rings (SSSR count). The number of benzene rings is 1. The maximum atomic E-state index is 13.1. The number of halogens is 2. The zero-order valence-electron chi connectivity index (χ0n) is 12.2. The molecule has 3 heteroatoms. The summed E-state index contributed by atoms with van der Waals surface area (Å²) in [7, 11) is 0. The molecule has 0 fully saturated rings. The maximum Gasteiger partial charge on any atom is 0.159 e. The Morgan fingerprint density at radius 1 is 1.05 bits per heavy atom. The van der Waals surface area contributed by atoms with Crippen LogP contribution in [0.25, 0.3) is 0 Å². The van der Waals surface area contributed by atoms with E-state index in [2.05, 4.69) is 26.1 Å². The van der Waals surface area contributed by atoms with Crippen LogP contribution in [-0.2, 0) is 6.42 Å². The Kier molecular flexibility index (Phi) is 6.43. The molecule has 0 aliphatic heterocycles. The lowest BCUT2D eigenvalue weighted by atomic mass is 9.83. The predicted molar refractivity (Wildman–Crippen MR) is 76.2 cm³/mol. The molecule has 0 amide bonds. The summed E-state index contributed by atoms with van der Waals surface area (Å²) in [5.41, 5.74) is 1.08. The van der Waals surface area contributed by atoms with E-state index in [-0.39, 0.29) is 5.41 Å². The lowest BCUT2D eigenvalue weighted by Crippen LogP contribution is -2.23. The molecule has 0 spiro atoms. The van der Waals surface area contributed by atoms with E-state index in [0.29, 0.717) is 0 Å².